The van der Waals surface area contributed by atoms with Crippen LogP contribution in [0.2, 0.25) is 0 Å². The smallest absolute Gasteiger partial charge is 0.161 e. The van der Waals surface area contributed by atoms with Gasteiger partial charge in [0, 0.05) is 10.0 Å². The Balaban J connectivity index is 1.89. The van der Waals surface area contributed by atoms with E-state index in [-0.39, 0.29) is 0 Å². The van der Waals surface area contributed by atoms with Crippen LogP contribution in [0.4, 0.5) is 0 Å². The largest absolute Gasteiger partial charge is 0.490 e. The Morgan fingerprint density at radius 1 is 1.00 bits per heavy atom. The number of carbonyl (C=O) groups is 1. The van der Waals surface area contributed by atoms with Crippen molar-refractivity contribution in [2.75, 3.05) is 19.8 Å². The van der Waals surface area contributed by atoms with Crippen LogP contribution in [0.25, 0.3) is 0 Å². The van der Waals surface area contributed by atoms with Crippen molar-refractivity contribution in [3.8, 4) is 17.2 Å². The Morgan fingerprint density at radius 2 is 1.82 bits per heavy atom. The fourth-order valence-electron chi connectivity index (χ4n) is 1.85. The van der Waals surface area contributed by atoms with E-state index in [0.29, 0.717) is 36.9 Å². The lowest BCUT2D eigenvalue weighted by Crippen LogP contribution is -2.10. The summed E-state index contributed by atoms with van der Waals surface area (Å²) in [4.78, 5) is 10.8. The van der Waals surface area contributed by atoms with Gasteiger partial charge in [0.15, 0.2) is 11.5 Å². The summed E-state index contributed by atoms with van der Waals surface area (Å²) in [5, 5.41) is 0. The number of hydrogen-bond donors (Lipinski definition) is 0. The molecule has 0 N–H and O–H groups in total. The number of hydrogen-bond acceptors (Lipinski definition) is 4. The Labute approximate surface area is 138 Å². The lowest BCUT2D eigenvalue weighted by atomic mass is 10.2. The number of rotatable bonds is 8. The van der Waals surface area contributed by atoms with E-state index in [9.17, 15) is 4.79 Å². The monoisotopic (exact) mass is 364 g/mol. The maximum absolute atomic E-state index is 10.8. The van der Waals surface area contributed by atoms with Crippen molar-refractivity contribution in [1.29, 1.82) is 0 Å². The van der Waals surface area contributed by atoms with Gasteiger partial charge >= 0.3 is 0 Å². The molecule has 0 aliphatic heterocycles. The molecule has 2 aromatic rings. The second-order valence-electron chi connectivity index (χ2n) is 4.41. The third-order valence-corrected chi connectivity index (χ3v) is 3.30. The minimum atomic E-state index is 0.382. The fraction of sp³-hybridized carbons (Fsp3) is 0.235. The second-order valence-corrected chi connectivity index (χ2v) is 5.33. The average Bonchev–Trinajstić information content (AvgIpc) is 2.53. The molecule has 0 bridgehead atoms. The first-order chi connectivity index (χ1) is 10.7. The van der Waals surface area contributed by atoms with Crippen LogP contribution in [-0.2, 0) is 0 Å². The highest BCUT2D eigenvalue weighted by molar-refractivity contribution is 9.10. The maximum Gasteiger partial charge on any atom is 0.161 e. The molecule has 22 heavy (non-hydrogen) atoms. The Morgan fingerprint density at radius 3 is 2.55 bits per heavy atom. The first-order valence-corrected chi connectivity index (χ1v) is 7.75. The molecule has 0 aliphatic rings. The van der Waals surface area contributed by atoms with Gasteiger partial charge in [0.05, 0.1) is 6.61 Å². The van der Waals surface area contributed by atoms with E-state index >= 15 is 0 Å². The standard InChI is InChI=1S/C17H17BrO4/c1-2-20-17-10-13(12-19)6-7-16(17)22-9-8-21-15-5-3-4-14(18)11-15/h3-7,10-12H,2,8-9H2,1H3. The molecule has 0 heterocycles. The number of ether oxygens (including phenoxy) is 3. The molecule has 0 saturated heterocycles. The van der Waals surface area contributed by atoms with Crippen molar-refractivity contribution >= 4 is 22.2 Å². The second kappa shape index (κ2) is 8.44. The van der Waals surface area contributed by atoms with Gasteiger partial charge in [-0.15, -0.1) is 0 Å². The molecular formula is C17H17BrO4. The van der Waals surface area contributed by atoms with Crippen LogP contribution in [0.3, 0.4) is 0 Å². The quantitative estimate of drug-likeness (QED) is 0.522. The molecule has 0 aromatic heterocycles. The van der Waals surface area contributed by atoms with Crippen LogP contribution in [0.5, 0.6) is 17.2 Å². The van der Waals surface area contributed by atoms with Gasteiger partial charge in [0.2, 0.25) is 0 Å². The van der Waals surface area contributed by atoms with Crippen LogP contribution in [0.15, 0.2) is 46.9 Å². The van der Waals surface area contributed by atoms with E-state index < -0.39 is 0 Å². The van der Waals surface area contributed by atoms with Crippen molar-refractivity contribution in [1.82, 2.24) is 0 Å². The van der Waals surface area contributed by atoms with E-state index in [1.807, 2.05) is 31.2 Å². The van der Waals surface area contributed by atoms with Gasteiger partial charge in [0.1, 0.15) is 25.2 Å². The summed E-state index contributed by atoms with van der Waals surface area (Å²) in [6.45, 7) is 3.19. The Bertz CT molecular complexity index is 628. The number of carbonyl (C=O) groups excluding carboxylic acids is 1. The van der Waals surface area contributed by atoms with Crippen molar-refractivity contribution < 1.29 is 19.0 Å². The summed E-state index contributed by atoms with van der Waals surface area (Å²) >= 11 is 3.39. The van der Waals surface area contributed by atoms with Crippen LogP contribution in [-0.4, -0.2) is 26.1 Å². The van der Waals surface area contributed by atoms with Gasteiger partial charge in [-0.3, -0.25) is 4.79 Å². The molecule has 0 amide bonds. The van der Waals surface area contributed by atoms with Gasteiger partial charge in [-0.25, -0.2) is 0 Å². The highest BCUT2D eigenvalue weighted by Crippen LogP contribution is 2.28. The fourth-order valence-corrected chi connectivity index (χ4v) is 2.23. The minimum absolute atomic E-state index is 0.382. The number of aldehydes is 1. The molecule has 2 aromatic carbocycles. The molecule has 4 nitrogen and oxygen atoms in total. The molecule has 0 saturated carbocycles. The van der Waals surface area contributed by atoms with E-state index in [0.717, 1.165) is 16.5 Å². The van der Waals surface area contributed by atoms with Crippen LogP contribution in [0.1, 0.15) is 17.3 Å². The third-order valence-electron chi connectivity index (χ3n) is 2.81. The number of halogens is 1. The SMILES string of the molecule is CCOc1cc(C=O)ccc1OCCOc1cccc(Br)c1. The average molecular weight is 365 g/mol. The third kappa shape index (κ3) is 4.77. The van der Waals surface area contributed by atoms with Gasteiger partial charge in [-0.05, 0) is 43.3 Å². The van der Waals surface area contributed by atoms with E-state index in [1.165, 1.54) is 0 Å². The van der Waals surface area contributed by atoms with Gasteiger partial charge in [-0.2, -0.15) is 0 Å². The van der Waals surface area contributed by atoms with E-state index in [2.05, 4.69) is 15.9 Å². The predicted molar refractivity (Wildman–Crippen MR) is 88.1 cm³/mol. The Kier molecular flexibility index (Phi) is 6.27. The topological polar surface area (TPSA) is 44.8 Å². The number of benzene rings is 2. The lowest BCUT2D eigenvalue weighted by molar-refractivity contribution is 0.112. The van der Waals surface area contributed by atoms with Crippen LogP contribution in [0, 0.1) is 0 Å². The summed E-state index contributed by atoms with van der Waals surface area (Å²) in [5.74, 6) is 1.94. The van der Waals surface area contributed by atoms with Crippen molar-refractivity contribution in [3.05, 3.63) is 52.5 Å². The molecule has 0 radical (unpaired) electrons. The molecule has 0 unspecified atom stereocenters. The summed E-state index contributed by atoms with van der Waals surface area (Å²) in [6, 6.07) is 12.7. The zero-order valence-electron chi connectivity index (χ0n) is 12.3. The predicted octanol–water partition coefficient (Wildman–Crippen LogP) is 4.12. The summed E-state index contributed by atoms with van der Waals surface area (Å²) < 4.78 is 17.7. The molecule has 0 aliphatic carbocycles. The van der Waals surface area contributed by atoms with E-state index in [1.54, 1.807) is 18.2 Å². The minimum Gasteiger partial charge on any atom is -0.490 e. The summed E-state index contributed by atoms with van der Waals surface area (Å²) in [5.41, 5.74) is 0.557. The lowest BCUT2D eigenvalue weighted by Gasteiger charge is -2.13. The molecule has 5 heteroatoms. The molecule has 116 valence electrons. The highest BCUT2D eigenvalue weighted by atomic mass is 79.9. The van der Waals surface area contributed by atoms with Gasteiger partial charge in [-0.1, -0.05) is 22.0 Å². The maximum atomic E-state index is 10.8. The molecular weight excluding hydrogens is 348 g/mol. The van der Waals surface area contributed by atoms with Crippen molar-refractivity contribution in [2.24, 2.45) is 0 Å². The normalized spacial score (nSPS) is 10.1. The summed E-state index contributed by atoms with van der Waals surface area (Å²) in [6.07, 6.45) is 0.780. The van der Waals surface area contributed by atoms with E-state index in [4.69, 9.17) is 14.2 Å². The van der Waals surface area contributed by atoms with Crippen molar-refractivity contribution in [3.63, 3.8) is 0 Å². The molecule has 0 fully saturated rings. The van der Waals surface area contributed by atoms with Crippen LogP contribution >= 0.6 is 15.9 Å². The molecule has 0 atom stereocenters. The van der Waals surface area contributed by atoms with Crippen molar-refractivity contribution in [2.45, 2.75) is 6.92 Å². The van der Waals surface area contributed by atoms with Crippen LogP contribution < -0.4 is 14.2 Å². The molecule has 2 rings (SSSR count). The molecule has 0 spiro atoms. The first-order valence-electron chi connectivity index (χ1n) is 6.96. The zero-order valence-corrected chi connectivity index (χ0v) is 13.8. The first kappa shape index (κ1) is 16.4. The van der Waals surface area contributed by atoms with Gasteiger partial charge in [0.25, 0.3) is 0 Å². The Hall–Kier alpha value is -2.01. The van der Waals surface area contributed by atoms with Gasteiger partial charge < -0.3 is 14.2 Å². The zero-order chi connectivity index (χ0) is 15.8. The summed E-state index contributed by atoms with van der Waals surface area (Å²) in [7, 11) is 0. The highest BCUT2D eigenvalue weighted by Gasteiger charge is 2.06.